The van der Waals surface area contributed by atoms with E-state index < -0.39 is 39.7 Å². The van der Waals surface area contributed by atoms with Gasteiger partial charge < -0.3 is 25.2 Å². The molecule has 0 amide bonds. The Kier molecular flexibility index (Phi) is 10.9. The number of ether oxygens (including phenoxy) is 2. The van der Waals surface area contributed by atoms with Crippen LogP contribution in [0.2, 0.25) is 0 Å². The number of sulfonamides is 1. The predicted molar refractivity (Wildman–Crippen MR) is 168 cm³/mol. The number of benzene rings is 2. The number of hydrogen-bond acceptors (Lipinski definition) is 10. The predicted octanol–water partition coefficient (Wildman–Crippen LogP) is 4.41. The lowest BCUT2D eigenvalue weighted by Crippen LogP contribution is -2.58. The summed E-state index contributed by atoms with van der Waals surface area (Å²) in [6.45, 7) is 4.97. The summed E-state index contributed by atoms with van der Waals surface area (Å²) in [6.07, 6.45) is -3.59. The van der Waals surface area contributed by atoms with E-state index in [4.69, 9.17) is 10.5 Å². The average molecular weight is 698 g/mol. The van der Waals surface area contributed by atoms with Crippen LogP contribution in [0.15, 0.2) is 64.4 Å². The summed E-state index contributed by atoms with van der Waals surface area (Å²) < 4.78 is 73.0. The van der Waals surface area contributed by atoms with Gasteiger partial charge in [-0.1, -0.05) is 55.0 Å². The molecule has 1 aliphatic heterocycles. The summed E-state index contributed by atoms with van der Waals surface area (Å²) in [5.74, 6) is -2.03. The van der Waals surface area contributed by atoms with Gasteiger partial charge in [0.1, 0.15) is 22.0 Å². The summed E-state index contributed by atoms with van der Waals surface area (Å²) in [5.41, 5.74) is 9.46. The van der Waals surface area contributed by atoms with Gasteiger partial charge in [0, 0.05) is 32.2 Å². The number of carbonyl (C=O) groups is 1. The minimum absolute atomic E-state index is 0.0509. The molecule has 0 spiro atoms. The molecule has 0 saturated carbocycles. The number of alkyl halides is 3. The van der Waals surface area contributed by atoms with E-state index in [1.165, 1.54) is 11.8 Å². The molecular formula is C29H32F3N6O7S2-. The lowest BCUT2D eigenvalue weighted by molar-refractivity contribution is -0.274. The molecule has 2 aromatic carbocycles. The van der Waals surface area contributed by atoms with Gasteiger partial charge in [0.05, 0.1) is 17.7 Å². The minimum Gasteiger partial charge on any atom is -0.674 e. The van der Waals surface area contributed by atoms with Crippen LogP contribution in [-0.2, 0) is 31.5 Å². The molecule has 0 aliphatic carbocycles. The highest BCUT2D eigenvalue weighted by molar-refractivity contribution is 7.89. The molecule has 0 bridgehead atoms. The number of carboxylic acids is 1. The Bertz CT molecular complexity index is 1850. The van der Waals surface area contributed by atoms with Crippen molar-refractivity contribution in [1.29, 1.82) is 0 Å². The summed E-state index contributed by atoms with van der Waals surface area (Å²) >= 11 is 1.02. The molecule has 13 nitrogen and oxygen atoms in total. The van der Waals surface area contributed by atoms with E-state index in [1.807, 2.05) is 12.1 Å². The number of hydrogen-bond donors (Lipinski definition) is 2. The Labute approximate surface area is 271 Å². The second-order valence-electron chi connectivity index (χ2n) is 11.0. The second kappa shape index (κ2) is 14.3. The number of carboxylic acid groups (broad SMARTS) is 1. The zero-order valence-corrected chi connectivity index (χ0v) is 27.1. The Morgan fingerprint density at radius 2 is 1.79 bits per heavy atom. The van der Waals surface area contributed by atoms with E-state index in [-0.39, 0.29) is 29.9 Å². The molecule has 2 aromatic heterocycles. The number of thiazole rings is 1. The Morgan fingerprint density at radius 1 is 1.13 bits per heavy atom. The summed E-state index contributed by atoms with van der Waals surface area (Å²) in [5, 5.41) is 15.9. The molecule has 1 aliphatic rings. The third-order valence-electron chi connectivity index (χ3n) is 7.20. The Hall–Kier alpha value is -4.10. The van der Waals surface area contributed by atoms with E-state index in [2.05, 4.69) is 45.9 Å². The number of halogens is 3. The van der Waals surface area contributed by atoms with Gasteiger partial charge in [-0.05, 0) is 29.8 Å². The lowest BCUT2D eigenvalue weighted by atomic mass is 9.85. The number of aromatic nitrogens is 3. The van der Waals surface area contributed by atoms with Crippen molar-refractivity contribution in [2.75, 3.05) is 38.3 Å². The summed E-state index contributed by atoms with van der Waals surface area (Å²) in [4.78, 5) is 29.2. The molecule has 3 N–H and O–H groups in total. The van der Waals surface area contributed by atoms with Crippen LogP contribution >= 0.6 is 11.3 Å². The zero-order valence-electron chi connectivity index (χ0n) is 25.4. The summed E-state index contributed by atoms with van der Waals surface area (Å²) in [7, 11) is -2.62. The second-order valence-corrected chi connectivity index (χ2v) is 13.9. The first-order chi connectivity index (χ1) is 22.1. The van der Waals surface area contributed by atoms with Crippen molar-refractivity contribution in [2.24, 2.45) is 0 Å². The highest BCUT2D eigenvalue weighted by atomic mass is 32.2. The molecule has 18 heteroatoms. The van der Waals surface area contributed by atoms with Gasteiger partial charge in [0.15, 0.2) is 5.13 Å². The number of piperazine rings is 1. The van der Waals surface area contributed by atoms with Gasteiger partial charge in [0.25, 0.3) is 5.56 Å². The standard InChI is InChI=1S/C17H14F3N5O6S2.C12H18NO/c18-17(19,20)31-9-1-3-10(4-2-9)33(29,30)25-6-5-24(8-12(25)15(27)28)16-22-11-7-21-23-14(26)13(11)32-16;1-12(2,9-14-3)11-6-4-10(8-13)5-7-11/h1-4,7,12H,5-6,8H2,(H,23,26)(H,27,28);4-7,13H,8-9H2,1-3H3/q;-1/t12-;/m1./s1. The molecule has 1 fully saturated rings. The van der Waals surface area contributed by atoms with Gasteiger partial charge in [-0.25, -0.2) is 18.5 Å². The van der Waals surface area contributed by atoms with Crippen molar-refractivity contribution in [3.63, 3.8) is 0 Å². The van der Waals surface area contributed by atoms with Crippen molar-refractivity contribution in [3.05, 3.63) is 81.9 Å². The van der Waals surface area contributed by atoms with Gasteiger partial charge >= 0.3 is 12.3 Å². The molecule has 0 radical (unpaired) electrons. The van der Waals surface area contributed by atoms with Crippen molar-refractivity contribution in [2.45, 2.75) is 43.1 Å². The maximum atomic E-state index is 13.0. The number of rotatable bonds is 9. The largest absolute Gasteiger partial charge is 0.674 e. The number of nitrogens with zero attached hydrogens (tertiary/aromatic N) is 4. The van der Waals surface area contributed by atoms with Crippen LogP contribution in [0.3, 0.4) is 0 Å². The van der Waals surface area contributed by atoms with E-state index in [0.717, 1.165) is 45.5 Å². The summed E-state index contributed by atoms with van der Waals surface area (Å²) in [6, 6.07) is 10.2. The number of nitrogens with one attached hydrogen (secondary N) is 2. The third-order valence-corrected chi connectivity index (χ3v) is 10.2. The SMILES string of the molecule is COCC(C)(C)c1ccc(C[NH-])cc1.O=C(O)[C@H]1CN(c2nc3cn[nH]c(=O)c3s2)CCN1S(=O)(=O)c1ccc(OC(F)(F)F)cc1. The molecule has 254 valence electrons. The topological polar surface area (TPSA) is 179 Å². The maximum Gasteiger partial charge on any atom is 0.573 e. The molecule has 0 unspecified atom stereocenters. The first-order valence-corrected chi connectivity index (χ1v) is 16.2. The minimum atomic E-state index is -4.94. The highest BCUT2D eigenvalue weighted by Gasteiger charge is 2.41. The van der Waals surface area contributed by atoms with Crippen LogP contribution in [0.25, 0.3) is 16.0 Å². The molecule has 1 saturated heterocycles. The number of aliphatic carboxylic acids is 1. The van der Waals surface area contributed by atoms with E-state index in [9.17, 15) is 36.3 Å². The lowest BCUT2D eigenvalue weighted by Gasteiger charge is -2.38. The van der Waals surface area contributed by atoms with Gasteiger partial charge in [-0.2, -0.15) is 9.40 Å². The van der Waals surface area contributed by atoms with Crippen LogP contribution in [0, 0.1) is 0 Å². The van der Waals surface area contributed by atoms with Crippen LogP contribution < -0.4 is 15.2 Å². The Morgan fingerprint density at radius 3 is 2.34 bits per heavy atom. The van der Waals surface area contributed by atoms with Crippen LogP contribution in [0.4, 0.5) is 18.3 Å². The number of fused-ring (bicyclic) bond motifs is 1. The van der Waals surface area contributed by atoms with E-state index in [1.54, 1.807) is 12.0 Å². The highest BCUT2D eigenvalue weighted by Crippen LogP contribution is 2.31. The van der Waals surface area contributed by atoms with Crippen LogP contribution in [-0.4, -0.2) is 84.7 Å². The molecule has 47 heavy (non-hydrogen) atoms. The fourth-order valence-electron chi connectivity index (χ4n) is 4.80. The van der Waals surface area contributed by atoms with Crippen molar-refractivity contribution in [1.82, 2.24) is 19.5 Å². The number of methoxy groups -OCH3 is 1. The molecule has 4 aromatic rings. The first kappa shape index (κ1) is 35.7. The zero-order chi connectivity index (χ0) is 34.6. The van der Waals surface area contributed by atoms with Gasteiger partial charge in [0.2, 0.25) is 10.0 Å². The third kappa shape index (κ3) is 8.63. The molecule has 3 heterocycles. The number of anilines is 1. The van der Waals surface area contributed by atoms with Gasteiger partial charge in [-0.15, -0.1) is 19.7 Å². The van der Waals surface area contributed by atoms with Gasteiger partial charge in [-0.3, -0.25) is 9.59 Å². The average Bonchev–Trinajstić information content (AvgIpc) is 3.46. The molecule has 5 rings (SSSR count). The van der Waals surface area contributed by atoms with Crippen molar-refractivity contribution >= 4 is 42.7 Å². The monoisotopic (exact) mass is 697 g/mol. The fourth-order valence-corrected chi connectivity index (χ4v) is 7.33. The van der Waals surface area contributed by atoms with Crippen LogP contribution in [0.1, 0.15) is 25.0 Å². The van der Waals surface area contributed by atoms with Crippen molar-refractivity contribution < 1.29 is 41.0 Å². The molecule has 1 atom stereocenters. The first-order valence-electron chi connectivity index (χ1n) is 14.0. The molecular weight excluding hydrogens is 665 g/mol. The van der Waals surface area contributed by atoms with E-state index >= 15 is 0 Å². The normalized spacial score (nSPS) is 16.1. The smallest absolute Gasteiger partial charge is 0.573 e. The fraction of sp³-hybridized carbons (Fsp3) is 0.379. The van der Waals surface area contributed by atoms with Crippen LogP contribution in [0.5, 0.6) is 5.75 Å². The quantitative estimate of drug-likeness (QED) is 0.255. The number of aromatic amines is 1. The van der Waals surface area contributed by atoms with Crippen molar-refractivity contribution in [3.8, 4) is 5.75 Å². The maximum absolute atomic E-state index is 13.0. The number of H-pyrrole nitrogens is 1. The van der Waals surface area contributed by atoms with E-state index in [0.29, 0.717) is 28.5 Å². The Balaban J connectivity index is 0.000000300.